The maximum Gasteiger partial charge on any atom is 0.123 e. The van der Waals surface area contributed by atoms with Gasteiger partial charge in [-0.25, -0.2) is 4.39 Å². The summed E-state index contributed by atoms with van der Waals surface area (Å²) in [5.41, 5.74) is 3.00. The molecule has 0 aliphatic rings. The molecule has 0 amide bonds. The number of ether oxygens (including phenoxy) is 1. The molecule has 1 atom stereocenters. The number of hydrogen-bond acceptors (Lipinski definition) is 2. The van der Waals surface area contributed by atoms with Crippen LogP contribution in [0.2, 0.25) is 0 Å². The maximum atomic E-state index is 13.0. The van der Waals surface area contributed by atoms with Crippen molar-refractivity contribution in [1.29, 1.82) is 0 Å². The van der Waals surface area contributed by atoms with Gasteiger partial charge >= 0.3 is 0 Å². The van der Waals surface area contributed by atoms with Crippen LogP contribution >= 0.6 is 0 Å². The molecule has 22 heavy (non-hydrogen) atoms. The Hall–Kier alpha value is -2.68. The fraction of sp³-hybridized carbons (Fsp3) is 0.105. The lowest BCUT2D eigenvalue weighted by molar-refractivity contribution is 0.227. The lowest BCUT2D eigenvalue weighted by Crippen LogP contribution is -2.05. The molecular formula is C19H16FNO. The molecule has 0 aliphatic carbocycles. The molecule has 0 fully saturated rings. The van der Waals surface area contributed by atoms with E-state index < -0.39 is 0 Å². The van der Waals surface area contributed by atoms with E-state index in [1.807, 2.05) is 49.4 Å². The highest BCUT2D eigenvalue weighted by Crippen LogP contribution is 2.29. The predicted molar refractivity (Wildman–Crippen MR) is 85.1 cm³/mol. The van der Waals surface area contributed by atoms with Crippen molar-refractivity contribution in [2.45, 2.75) is 13.0 Å². The Morgan fingerprint density at radius 1 is 0.909 bits per heavy atom. The highest BCUT2D eigenvalue weighted by Gasteiger charge is 2.13. The van der Waals surface area contributed by atoms with Crippen molar-refractivity contribution in [3.05, 3.63) is 84.3 Å². The zero-order valence-corrected chi connectivity index (χ0v) is 12.2. The first-order chi connectivity index (χ1) is 10.7. The number of halogens is 1. The van der Waals surface area contributed by atoms with E-state index in [4.69, 9.17) is 4.74 Å². The summed E-state index contributed by atoms with van der Waals surface area (Å²) in [6, 6.07) is 19.9. The third-order valence-corrected chi connectivity index (χ3v) is 3.47. The van der Waals surface area contributed by atoms with Crippen LogP contribution < -0.4 is 4.74 Å². The van der Waals surface area contributed by atoms with Crippen LogP contribution in [0.25, 0.3) is 11.3 Å². The molecule has 3 rings (SSSR count). The molecule has 0 saturated heterocycles. The maximum absolute atomic E-state index is 13.0. The highest BCUT2D eigenvalue weighted by molar-refractivity contribution is 5.64. The predicted octanol–water partition coefficient (Wildman–Crippen LogP) is 5.03. The molecule has 3 aromatic rings. The van der Waals surface area contributed by atoms with Crippen LogP contribution in [0.3, 0.4) is 0 Å². The summed E-state index contributed by atoms with van der Waals surface area (Å²) >= 11 is 0. The summed E-state index contributed by atoms with van der Waals surface area (Å²) in [6.07, 6.45) is 1.61. The number of pyridine rings is 1. The summed E-state index contributed by atoms with van der Waals surface area (Å²) in [5, 5.41) is 0. The monoisotopic (exact) mass is 293 g/mol. The van der Waals surface area contributed by atoms with E-state index in [1.54, 1.807) is 18.3 Å². The molecule has 2 nitrogen and oxygen atoms in total. The molecule has 0 aliphatic heterocycles. The Balaban J connectivity index is 1.90. The average Bonchev–Trinajstić information content (AvgIpc) is 2.58. The SMILES string of the molecule is CC(Oc1ccc(F)cc1)c1ccccc1-c1ccccn1. The highest BCUT2D eigenvalue weighted by atomic mass is 19.1. The van der Waals surface area contributed by atoms with Crippen molar-refractivity contribution in [3.8, 4) is 17.0 Å². The minimum atomic E-state index is -0.270. The zero-order chi connectivity index (χ0) is 15.4. The van der Waals surface area contributed by atoms with Crippen molar-refractivity contribution < 1.29 is 9.13 Å². The van der Waals surface area contributed by atoms with Crippen LogP contribution in [0.5, 0.6) is 5.75 Å². The third-order valence-electron chi connectivity index (χ3n) is 3.47. The van der Waals surface area contributed by atoms with Gasteiger partial charge in [-0.15, -0.1) is 0 Å². The molecule has 0 N–H and O–H groups in total. The van der Waals surface area contributed by atoms with Crippen LogP contribution in [0, 0.1) is 5.82 Å². The smallest absolute Gasteiger partial charge is 0.123 e. The number of hydrogen-bond donors (Lipinski definition) is 0. The molecule has 0 radical (unpaired) electrons. The van der Waals surface area contributed by atoms with Gasteiger partial charge in [0.05, 0.1) is 5.69 Å². The molecule has 0 bridgehead atoms. The standard InChI is InChI=1S/C19H16FNO/c1-14(22-16-11-9-15(20)10-12-16)17-6-2-3-7-18(17)19-8-4-5-13-21-19/h2-14H,1H3. The van der Waals surface area contributed by atoms with Gasteiger partial charge in [-0.2, -0.15) is 0 Å². The Bertz CT molecular complexity index is 741. The molecule has 2 aromatic carbocycles. The van der Waals surface area contributed by atoms with E-state index in [9.17, 15) is 4.39 Å². The van der Waals surface area contributed by atoms with Crippen molar-refractivity contribution >= 4 is 0 Å². The summed E-state index contributed by atoms with van der Waals surface area (Å²) in [7, 11) is 0. The van der Waals surface area contributed by atoms with Crippen LogP contribution in [0.15, 0.2) is 72.9 Å². The lowest BCUT2D eigenvalue weighted by Gasteiger charge is -2.18. The van der Waals surface area contributed by atoms with Crippen molar-refractivity contribution in [2.75, 3.05) is 0 Å². The van der Waals surface area contributed by atoms with Gasteiger partial charge in [-0.05, 0) is 43.3 Å². The van der Waals surface area contributed by atoms with E-state index in [0.29, 0.717) is 5.75 Å². The molecule has 0 spiro atoms. The number of rotatable bonds is 4. The summed E-state index contributed by atoms with van der Waals surface area (Å²) in [4.78, 5) is 4.41. The fourth-order valence-electron chi connectivity index (χ4n) is 2.39. The minimum absolute atomic E-state index is 0.163. The molecule has 1 aromatic heterocycles. The Morgan fingerprint density at radius 2 is 1.64 bits per heavy atom. The number of benzene rings is 2. The molecule has 1 unspecified atom stereocenters. The van der Waals surface area contributed by atoms with Gasteiger partial charge < -0.3 is 4.74 Å². The van der Waals surface area contributed by atoms with E-state index in [-0.39, 0.29) is 11.9 Å². The van der Waals surface area contributed by atoms with Crippen LogP contribution in [0.1, 0.15) is 18.6 Å². The van der Waals surface area contributed by atoms with Gasteiger partial charge in [-0.1, -0.05) is 30.3 Å². The van der Waals surface area contributed by atoms with Gasteiger partial charge in [-0.3, -0.25) is 4.98 Å². The van der Waals surface area contributed by atoms with Gasteiger partial charge in [0, 0.05) is 17.3 Å². The first-order valence-electron chi connectivity index (χ1n) is 7.16. The van der Waals surface area contributed by atoms with E-state index in [2.05, 4.69) is 4.98 Å². The first-order valence-corrected chi connectivity index (χ1v) is 7.16. The lowest BCUT2D eigenvalue weighted by atomic mass is 10.00. The molecule has 3 heteroatoms. The zero-order valence-electron chi connectivity index (χ0n) is 12.2. The average molecular weight is 293 g/mol. The van der Waals surface area contributed by atoms with Crippen molar-refractivity contribution in [3.63, 3.8) is 0 Å². The fourth-order valence-corrected chi connectivity index (χ4v) is 2.39. The Labute approximate surface area is 129 Å². The largest absolute Gasteiger partial charge is 0.486 e. The summed E-state index contributed by atoms with van der Waals surface area (Å²) < 4.78 is 18.9. The van der Waals surface area contributed by atoms with Crippen molar-refractivity contribution in [1.82, 2.24) is 4.98 Å². The summed E-state index contributed by atoms with van der Waals surface area (Å²) in [5.74, 6) is 0.374. The second kappa shape index (κ2) is 6.39. The van der Waals surface area contributed by atoms with E-state index in [1.165, 1.54) is 12.1 Å². The first kappa shape index (κ1) is 14.3. The van der Waals surface area contributed by atoms with Gasteiger partial charge in [0.1, 0.15) is 17.7 Å². The Kier molecular flexibility index (Phi) is 4.15. The van der Waals surface area contributed by atoms with Crippen LogP contribution in [0.4, 0.5) is 4.39 Å². The molecular weight excluding hydrogens is 277 g/mol. The second-order valence-corrected chi connectivity index (χ2v) is 5.02. The number of aromatic nitrogens is 1. The van der Waals surface area contributed by atoms with Crippen LogP contribution in [-0.4, -0.2) is 4.98 Å². The van der Waals surface area contributed by atoms with Crippen molar-refractivity contribution in [2.24, 2.45) is 0 Å². The van der Waals surface area contributed by atoms with Gasteiger partial charge in [0.2, 0.25) is 0 Å². The summed E-state index contributed by atoms with van der Waals surface area (Å²) in [6.45, 7) is 1.98. The third kappa shape index (κ3) is 3.14. The molecule has 110 valence electrons. The van der Waals surface area contributed by atoms with E-state index >= 15 is 0 Å². The van der Waals surface area contributed by atoms with Gasteiger partial charge in [0.15, 0.2) is 0 Å². The molecule has 1 heterocycles. The molecule has 0 saturated carbocycles. The minimum Gasteiger partial charge on any atom is -0.486 e. The van der Waals surface area contributed by atoms with Crippen LogP contribution in [-0.2, 0) is 0 Å². The number of nitrogens with zero attached hydrogens (tertiary/aromatic N) is 1. The quantitative estimate of drug-likeness (QED) is 0.673. The topological polar surface area (TPSA) is 22.1 Å². The Morgan fingerprint density at radius 3 is 2.36 bits per heavy atom. The second-order valence-electron chi connectivity index (χ2n) is 5.02. The van der Waals surface area contributed by atoms with Gasteiger partial charge in [0.25, 0.3) is 0 Å². The van der Waals surface area contributed by atoms with E-state index in [0.717, 1.165) is 16.8 Å². The normalized spacial score (nSPS) is 11.9.